The molecular formula is C22H24ClF2NO. The molecule has 1 heterocycles. The zero-order valence-electron chi connectivity index (χ0n) is 15.3. The molecule has 4 rings (SSSR count). The molecule has 2 fully saturated rings. The van der Waals surface area contributed by atoms with Crippen molar-refractivity contribution in [2.24, 2.45) is 5.92 Å². The Morgan fingerprint density at radius 1 is 1.00 bits per heavy atom. The van der Waals surface area contributed by atoms with Crippen molar-refractivity contribution in [1.29, 1.82) is 0 Å². The van der Waals surface area contributed by atoms with Gasteiger partial charge in [0, 0.05) is 12.6 Å². The van der Waals surface area contributed by atoms with Crippen LogP contribution < -0.4 is 4.74 Å². The van der Waals surface area contributed by atoms with Gasteiger partial charge in [-0.1, -0.05) is 23.7 Å². The van der Waals surface area contributed by atoms with Crippen molar-refractivity contribution in [3.05, 3.63) is 64.2 Å². The summed E-state index contributed by atoms with van der Waals surface area (Å²) in [4.78, 5) is 2.36. The molecule has 2 aromatic rings. The molecule has 1 aliphatic carbocycles. The molecule has 2 nitrogen and oxygen atoms in total. The molecule has 27 heavy (non-hydrogen) atoms. The highest BCUT2D eigenvalue weighted by Gasteiger charge is 2.27. The second-order valence-corrected chi connectivity index (χ2v) is 8.14. The van der Waals surface area contributed by atoms with Gasteiger partial charge in [-0.2, -0.15) is 0 Å². The predicted molar refractivity (Wildman–Crippen MR) is 103 cm³/mol. The quantitative estimate of drug-likeness (QED) is 0.618. The van der Waals surface area contributed by atoms with Crippen LogP contribution in [0.5, 0.6) is 5.75 Å². The molecule has 0 amide bonds. The summed E-state index contributed by atoms with van der Waals surface area (Å²) in [7, 11) is 0. The van der Waals surface area contributed by atoms with Gasteiger partial charge in [-0.15, -0.1) is 0 Å². The maximum Gasteiger partial charge on any atom is 0.141 e. The summed E-state index contributed by atoms with van der Waals surface area (Å²) < 4.78 is 32.9. The van der Waals surface area contributed by atoms with Gasteiger partial charge in [0.25, 0.3) is 0 Å². The van der Waals surface area contributed by atoms with Gasteiger partial charge >= 0.3 is 0 Å². The van der Waals surface area contributed by atoms with E-state index >= 15 is 0 Å². The van der Waals surface area contributed by atoms with E-state index in [4.69, 9.17) is 16.3 Å². The Morgan fingerprint density at radius 3 is 2.48 bits per heavy atom. The molecule has 0 aromatic heterocycles. The maximum absolute atomic E-state index is 13.6. The van der Waals surface area contributed by atoms with Crippen LogP contribution in [0.1, 0.15) is 42.7 Å². The third-order valence-electron chi connectivity index (χ3n) is 5.56. The Labute approximate surface area is 164 Å². The van der Waals surface area contributed by atoms with Gasteiger partial charge in [-0.25, -0.2) is 8.78 Å². The lowest BCUT2D eigenvalue weighted by molar-refractivity contribution is 0.136. The van der Waals surface area contributed by atoms with Gasteiger partial charge in [0.05, 0.1) is 11.6 Å². The Kier molecular flexibility index (Phi) is 5.65. The van der Waals surface area contributed by atoms with Crippen LogP contribution in [-0.4, -0.2) is 24.6 Å². The molecule has 0 N–H and O–H groups in total. The summed E-state index contributed by atoms with van der Waals surface area (Å²) in [6.45, 7) is 3.37. The minimum atomic E-state index is -0.376. The lowest BCUT2D eigenvalue weighted by Crippen LogP contribution is -2.35. The average molecular weight is 392 g/mol. The van der Waals surface area contributed by atoms with Crippen LogP contribution in [0, 0.1) is 17.6 Å². The minimum Gasteiger partial charge on any atom is -0.493 e. The van der Waals surface area contributed by atoms with Crippen LogP contribution in [0.4, 0.5) is 8.78 Å². The lowest BCUT2D eigenvalue weighted by Gasteiger charge is -2.32. The average Bonchev–Trinajstić information content (AvgIpc) is 3.49. The number of piperidine rings is 1. The molecule has 0 unspecified atom stereocenters. The minimum absolute atomic E-state index is 0.178. The predicted octanol–water partition coefficient (Wildman–Crippen LogP) is 5.79. The number of halogens is 3. The number of nitrogens with zero attached hydrogens (tertiary/aromatic N) is 1. The van der Waals surface area contributed by atoms with Crippen molar-refractivity contribution in [3.63, 3.8) is 0 Å². The maximum atomic E-state index is 13.6. The first-order chi connectivity index (χ1) is 13.1. The molecule has 1 aliphatic heterocycles. The van der Waals surface area contributed by atoms with E-state index in [1.807, 2.05) is 6.07 Å². The van der Waals surface area contributed by atoms with E-state index in [1.165, 1.54) is 31.0 Å². The highest BCUT2D eigenvalue weighted by Crippen LogP contribution is 2.44. The molecular weight excluding hydrogens is 368 g/mol. The van der Waals surface area contributed by atoms with Gasteiger partial charge in [-0.3, -0.25) is 4.90 Å². The number of rotatable bonds is 6. The summed E-state index contributed by atoms with van der Waals surface area (Å²) in [6.07, 6.45) is 4.44. The summed E-state index contributed by atoms with van der Waals surface area (Å²) in [5.74, 6) is 1.14. The fourth-order valence-corrected chi connectivity index (χ4v) is 3.98. The number of likely N-dealkylation sites (tertiary alicyclic amines) is 1. The van der Waals surface area contributed by atoms with Crippen LogP contribution in [0.2, 0.25) is 5.02 Å². The fourth-order valence-electron chi connectivity index (χ4n) is 3.78. The standard InChI is InChI=1S/C22H24ClF2NO/c23-20-11-16(1-6-21(20)25)13-26-9-7-15(8-10-26)14-27-22-12-18(24)4-5-19(22)17-2-3-17/h1,4-6,11-12,15,17H,2-3,7-10,13-14H2. The summed E-state index contributed by atoms with van der Waals surface area (Å²) in [6, 6.07) is 9.85. The molecule has 0 bridgehead atoms. The monoisotopic (exact) mass is 391 g/mol. The van der Waals surface area contributed by atoms with Crippen LogP contribution in [0.15, 0.2) is 36.4 Å². The fraction of sp³-hybridized carbons (Fsp3) is 0.455. The van der Waals surface area contributed by atoms with Crippen molar-refractivity contribution in [1.82, 2.24) is 4.90 Å². The van der Waals surface area contributed by atoms with Gasteiger partial charge in [0.15, 0.2) is 0 Å². The van der Waals surface area contributed by atoms with E-state index in [2.05, 4.69) is 4.90 Å². The van der Waals surface area contributed by atoms with Crippen molar-refractivity contribution in [2.45, 2.75) is 38.1 Å². The molecule has 0 radical (unpaired) electrons. The second kappa shape index (κ2) is 8.15. The Balaban J connectivity index is 1.27. The molecule has 2 aliphatic rings. The van der Waals surface area contributed by atoms with Crippen LogP contribution in [0.25, 0.3) is 0 Å². The molecule has 144 valence electrons. The van der Waals surface area contributed by atoms with Crippen LogP contribution in [0.3, 0.4) is 0 Å². The van der Waals surface area contributed by atoms with Gasteiger partial charge in [-0.05, 0) is 79.9 Å². The van der Waals surface area contributed by atoms with Crippen molar-refractivity contribution in [3.8, 4) is 5.75 Å². The molecule has 5 heteroatoms. The lowest BCUT2D eigenvalue weighted by atomic mass is 9.97. The van der Waals surface area contributed by atoms with Crippen LogP contribution in [-0.2, 0) is 6.54 Å². The first-order valence-electron chi connectivity index (χ1n) is 9.67. The first kappa shape index (κ1) is 18.7. The molecule has 0 spiro atoms. The van der Waals surface area contributed by atoms with Crippen molar-refractivity contribution in [2.75, 3.05) is 19.7 Å². The van der Waals surface area contributed by atoms with Gasteiger partial charge < -0.3 is 4.74 Å². The molecule has 2 aromatic carbocycles. The highest BCUT2D eigenvalue weighted by atomic mass is 35.5. The zero-order valence-corrected chi connectivity index (χ0v) is 16.0. The third kappa shape index (κ3) is 4.80. The highest BCUT2D eigenvalue weighted by molar-refractivity contribution is 6.30. The molecule has 1 saturated heterocycles. The van der Waals surface area contributed by atoms with Gasteiger partial charge in [0.2, 0.25) is 0 Å². The van der Waals surface area contributed by atoms with E-state index in [1.54, 1.807) is 12.1 Å². The summed E-state index contributed by atoms with van der Waals surface area (Å²) in [5.41, 5.74) is 2.19. The number of hydrogen-bond acceptors (Lipinski definition) is 2. The van der Waals surface area contributed by atoms with Gasteiger partial charge in [0.1, 0.15) is 17.4 Å². The smallest absolute Gasteiger partial charge is 0.141 e. The third-order valence-corrected chi connectivity index (χ3v) is 5.85. The topological polar surface area (TPSA) is 12.5 Å². The molecule has 1 saturated carbocycles. The zero-order chi connectivity index (χ0) is 18.8. The number of ether oxygens (including phenoxy) is 1. The molecule has 0 atom stereocenters. The second-order valence-electron chi connectivity index (χ2n) is 7.74. The SMILES string of the molecule is Fc1ccc(C2CC2)c(OCC2CCN(Cc3ccc(F)c(Cl)c3)CC2)c1. The number of benzene rings is 2. The van der Waals surface area contributed by atoms with E-state index in [9.17, 15) is 8.78 Å². The first-order valence-corrected chi connectivity index (χ1v) is 10.0. The van der Waals surface area contributed by atoms with Crippen molar-refractivity contribution < 1.29 is 13.5 Å². The summed E-state index contributed by atoms with van der Waals surface area (Å²) in [5, 5.41) is 0.178. The Hall–Kier alpha value is -1.65. The Bertz CT molecular complexity index is 801. The number of hydrogen-bond donors (Lipinski definition) is 0. The normalized spacial score (nSPS) is 18.6. The Morgan fingerprint density at radius 2 is 1.78 bits per heavy atom. The summed E-state index contributed by atoms with van der Waals surface area (Å²) >= 11 is 5.87. The van der Waals surface area contributed by atoms with Crippen LogP contribution >= 0.6 is 11.6 Å². The largest absolute Gasteiger partial charge is 0.493 e. The van der Waals surface area contributed by atoms with E-state index < -0.39 is 0 Å². The van der Waals surface area contributed by atoms with E-state index in [0.717, 1.165) is 49.4 Å². The van der Waals surface area contributed by atoms with E-state index in [0.29, 0.717) is 18.4 Å². The van der Waals surface area contributed by atoms with E-state index in [-0.39, 0.29) is 16.7 Å². The van der Waals surface area contributed by atoms with Crippen molar-refractivity contribution >= 4 is 11.6 Å².